The van der Waals surface area contributed by atoms with Crippen LogP contribution in [0.3, 0.4) is 0 Å². The van der Waals surface area contributed by atoms with E-state index in [1.807, 2.05) is 0 Å². The molecule has 6 rings (SSSR count). The lowest BCUT2D eigenvalue weighted by atomic mass is 10.0. The minimum absolute atomic E-state index is 1.22. The highest BCUT2D eigenvalue weighted by atomic mass is 15.0. The van der Waals surface area contributed by atoms with Crippen LogP contribution < -0.4 is 15.2 Å². The van der Waals surface area contributed by atoms with Crippen molar-refractivity contribution in [1.29, 1.82) is 0 Å². The van der Waals surface area contributed by atoms with Crippen LogP contribution in [0, 0.1) is 0 Å². The number of rotatable bonds is 2. The van der Waals surface area contributed by atoms with Crippen LogP contribution >= 0.6 is 0 Å². The van der Waals surface area contributed by atoms with Gasteiger partial charge in [-0.1, -0.05) is 48.5 Å². The maximum absolute atomic E-state index is 2.32. The molecule has 0 radical (unpaired) electrons. The molecule has 3 heterocycles. The molecule has 3 nitrogen and oxygen atoms in total. The van der Waals surface area contributed by atoms with Gasteiger partial charge in [-0.25, -0.2) is 0 Å². The van der Waals surface area contributed by atoms with Crippen LogP contribution in [-0.2, 0) is 14.1 Å². The summed E-state index contributed by atoms with van der Waals surface area (Å²) < 4.78 is 6.96. The van der Waals surface area contributed by atoms with Crippen LogP contribution in [0.4, 0.5) is 0 Å². The van der Waals surface area contributed by atoms with Gasteiger partial charge in [0.15, 0.2) is 0 Å². The summed E-state index contributed by atoms with van der Waals surface area (Å²) in [6.45, 7) is 0. The van der Waals surface area contributed by atoms with E-state index in [9.17, 15) is 0 Å². The van der Waals surface area contributed by atoms with Crippen molar-refractivity contribution in [2.75, 3.05) is 7.05 Å². The van der Waals surface area contributed by atoms with Crippen LogP contribution in [0.25, 0.3) is 33.5 Å². The zero-order chi connectivity index (χ0) is 21.1. The van der Waals surface area contributed by atoms with Gasteiger partial charge >= 0.3 is 0 Å². The number of aryl methyl sites for hydroxylation is 2. The predicted molar refractivity (Wildman–Crippen MR) is 129 cm³/mol. The maximum Gasteiger partial charge on any atom is 0.217 e. The first kappa shape index (κ1) is 18.0. The molecular formula is C28H24N3+. The molecule has 5 aromatic rings. The van der Waals surface area contributed by atoms with E-state index in [2.05, 4.69) is 126 Å². The molecule has 2 aromatic heterocycles. The van der Waals surface area contributed by atoms with Crippen molar-refractivity contribution in [2.24, 2.45) is 14.1 Å². The van der Waals surface area contributed by atoms with Gasteiger partial charge in [0, 0.05) is 48.0 Å². The van der Waals surface area contributed by atoms with E-state index in [4.69, 9.17) is 0 Å². The van der Waals surface area contributed by atoms with Crippen LogP contribution in [0.1, 0.15) is 11.4 Å². The first-order chi connectivity index (χ1) is 15.1. The van der Waals surface area contributed by atoms with E-state index in [0.29, 0.717) is 0 Å². The van der Waals surface area contributed by atoms with Crippen molar-refractivity contribution in [3.8, 4) is 0 Å². The lowest BCUT2D eigenvalue weighted by Gasteiger charge is -2.12. The molecule has 1 aliphatic heterocycles. The Kier molecular flexibility index (Phi) is 3.81. The van der Waals surface area contributed by atoms with Gasteiger partial charge in [-0.15, -0.1) is 0 Å². The molecule has 0 aliphatic carbocycles. The van der Waals surface area contributed by atoms with Gasteiger partial charge < -0.3 is 9.13 Å². The van der Waals surface area contributed by atoms with Crippen molar-refractivity contribution in [1.82, 2.24) is 13.7 Å². The molecule has 0 saturated heterocycles. The van der Waals surface area contributed by atoms with E-state index in [0.717, 1.165) is 0 Å². The van der Waals surface area contributed by atoms with Gasteiger partial charge in [0.2, 0.25) is 11.1 Å². The molecule has 0 atom stereocenters. The SMILES string of the molecule is Cn1c(C(=C2C=c3ccccc3=[N+]2C)c2cc3ccccc3n2C)cc2ccccc21. The quantitative estimate of drug-likeness (QED) is 0.395. The standard InChI is InChI=1S/C28H24N3/c1-29-22-13-7-4-10-19(22)16-25(29)28(26-17-20-11-5-8-14-23(20)30(26)2)27-18-21-12-6-9-15-24(21)31(27)3/h4-18H,1-3H3/q+1. The smallest absolute Gasteiger partial charge is 0.217 e. The molecule has 0 amide bonds. The summed E-state index contributed by atoms with van der Waals surface area (Å²) in [5.41, 5.74) is 7.39. The van der Waals surface area contributed by atoms with Gasteiger partial charge in [-0.05, 0) is 30.3 Å². The van der Waals surface area contributed by atoms with Crippen molar-refractivity contribution >= 4 is 33.5 Å². The Balaban J connectivity index is 1.77. The molecule has 0 N–H and O–H groups in total. The van der Waals surface area contributed by atoms with E-state index >= 15 is 0 Å². The normalized spacial score (nSPS) is 13.1. The van der Waals surface area contributed by atoms with Crippen molar-refractivity contribution < 1.29 is 0 Å². The molecule has 31 heavy (non-hydrogen) atoms. The summed E-state index contributed by atoms with van der Waals surface area (Å²) in [5.74, 6) is 0. The summed E-state index contributed by atoms with van der Waals surface area (Å²) in [6, 6.07) is 30.5. The topological polar surface area (TPSA) is 12.9 Å². The van der Waals surface area contributed by atoms with Crippen LogP contribution in [0.2, 0.25) is 0 Å². The fourth-order valence-electron chi connectivity index (χ4n) is 4.98. The van der Waals surface area contributed by atoms with Gasteiger partial charge in [-0.2, -0.15) is 4.58 Å². The number of hydrogen-bond acceptors (Lipinski definition) is 0. The highest BCUT2D eigenvalue weighted by Gasteiger charge is 2.27. The Hall–Kier alpha value is -3.85. The highest BCUT2D eigenvalue weighted by Crippen LogP contribution is 2.34. The third kappa shape index (κ3) is 2.56. The zero-order valence-electron chi connectivity index (χ0n) is 18.0. The van der Waals surface area contributed by atoms with Gasteiger partial charge in [0.25, 0.3) is 0 Å². The number of benzene rings is 3. The summed E-state index contributed by atoms with van der Waals surface area (Å²) in [4.78, 5) is 0. The van der Waals surface area contributed by atoms with Gasteiger partial charge in [0.1, 0.15) is 7.05 Å². The Morgan fingerprint density at radius 2 is 1.19 bits per heavy atom. The van der Waals surface area contributed by atoms with Crippen molar-refractivity contribution in [3.63, 3.8) is 0 Å². The zero-order valence-corrected chi connectivity index (χ0v) is 18.0. The first-order valence-electron chi connectivity index (χ1n) is 10.6. The van der Waals surface area contributed by atoms with Crippen LogP contribution in [0.5, 0.6) is 0 Å². The third-order valence-corrected chi connectivity index (χ3v) is 6.62. The molecule has 0 unspecified atom stereocenters. The molecule has 3 aromatic carbocycles. The van der Waals surface area contributed by atoms with E-state index < -0.39 is 0 Å². The number of hydrogen-bond donors (Lipinski definition) is 0. The molecule has 1 aliphatic rings. The summed E-state index contributed by atoms with van der Waals surface area (Å²) in [5, 5.41) is 5.02. The van der Waals surface area contributed by atoms with Crippen LogP contribution in [-0.4, -0.2) is 16.2 Å². The Morgan fingerprint density at radius 3 is 1.74 bits per heavy atom. The average molecular weight is 403 g/mol. The Bertz CT molecular complexity index is 1580. The Morgan fingerprint density at radius 1 is 0.677 bits per heavy atom. The minimum atomic E-state index is 1.22. The van der Waals surface area contributed by atoms with E-state index in [1.54, 1.807) is 0 Å². The second-order valence-electron chi connectivity index (χ2n) is 8.32. The minimum Gasteiger partial charge on any atom is -0.343 e. The molecule has 150 valence electrons. The number of para-hydroxylation sites is 3. The fraction of sp³-hybridized carbons (Fsp3) is 0.107. The summed E-state index contributed by atoms with van der Waals surface area (Å²) >= 11 is 0. The maximum atomic E-state index is 2.32. The van der Waals surface area contributed by atoms with E-state index in [-0.39, 0.29) is 0 Å². The van der Waals surface area contributed by atoms with Crippen LogP contribution in [0.15, 0.2) is 90.6 Å². The first-order valence-corrected chi connectivity index (χ1v) is 10.6. The number of aromatic nitrogens is 2. The predicted octanol–water partition coefficient (Wildman–Crippen LogP) is 4.04. The van der Waals surface area contributed by atoms with Crippen molar-refractivity contribution in [3.05, 3.63) is 113 Å². The fourth-order valence-corrected chi connectivity index (χ4v) is 4.98. The monoisotopic (exact) mass is 402 g/mol. The number of allylic oxidation sites excluding steroid dienone is 1. The lowest BCUT2D eigenvalue weighted by Crippen LogP contribution is -2.30. The molecular weight excluding hydrogens is 378 g/mol. The highest BCUT2D eigenvalue weighted by molar-refractivity contribution is 5.95. The molecule has 0 fully saturated rings. The summed E-state index contributed by atoms with van der Waals surface area (Å²) in [6.07, 6.45) is 2.32. The van der Waals surface area contributed by atoms with Gasteiger partial charge in [0.05, 0.1) is 22.2 Å². The molecule has 3 heteroatoms. The number of nitrogens with zero attached hydrogens (tertiary/aromatic N) is 3. The second kappa shape index (κ2) is 6.58. The Labute approximate surface area is 181 Å². The second-order valence-corrected chi connectivity index (χ2v) is 8.32. The van der Waals surface area contributed by atoms with E-state index in [1.165, 1.54) is 55.0 Å². The van der Waals surface area contributed by atoms with Gasteiger partial charge in [-0.3, -0.25) is 0 Å². The molecule has 0 spiro atoms. The van der Waals surface area contributed by atoms with Crippen molar-refractivity contribution in [2.45, 2.75) is 0 Å². The molecule has 0 saturated carbocycles. The molecule has 0 bridgehead atoms. The average Bonchev–Trinajstić information content (AvgIpc) is 3.43. The largest absolute Gasteiger partial charge is 0.343 e. The third-order valence-electron chi connectivity index (χ3n) is 6.62. The summed E-state index contributed by atoms with van der Waals surface area (Å²) in [7, 11) is 6.51. The number of fused-ring (bicyclic) bond motifs is 3. The lowest BCUT2D eigenvalue weighted by molar-refractivity contribution is 0.848.